The molecule has 0 bridgehead atoms. The van der Waals surface area contributed by atoms with Crippen molar-refractivity contribution in [3.63, 3.8) is 0 Å². The Hall–Kier alpha value is -2.38. The minimum Gasteiger partial charge on any atom is -0.326 e. The van der Waals surface area contributed by atoms with Crippen molar-refractivity contribution in [2.75, 3.05) is 17.5 Å². The summed E-state index contributed by atoms with van der Waals surface area (Å²) in [7, 11) is -3.28. The van der Waals surface area contributed by atoms with E-state index < -0.39 is 10.0 Å². The van der Waals surface area contributed by atoms with E-state index in [-0.39, 0.29) is 0 Å². The van der Waals surface area contributed by atoms with Gasteiger partial charge in [-0.05, 0) is 23.8 Å². The van der Waals surface area contributed by atoms with E-state index in [4.69, 9.17) is 4.98 Å². The summed E-state index contributed by atoms with van der Waals surface area (Å²) in [5.41, 5.74) is 3.72. The van der Waals surface area contributed by atoms with Crippen LogP contribution in [0, 0.1) is 0 Å². The molecule has 4 rings (SSSR count). The highest BCUT2D eigenvalue weighted by Crippen LogP contribution is 2.24. The largest absolute Gasteiger partial charge is 0.326 e. The minimum atomic E-state index is -3.28. The molecule has 0 atom stereocenters. The van der Waals surface area contributed by atoms with Gasteiger partial charge in [0.05, 0.1) is 29.5 Å². The molecule has 25 heavy (non-hydrogen) atoms. The molecule has 2 aromatic carbocycles. The lowest BCUT2D eigenvalue weighted by atomic mass is 10.2. The predicted molar refractivity (Wildman–Crippen MR) is 98.8 cm³/mol. The third kappa shape index (κ3) is 3.52. The number of aromatic nitrogens is 2. The molecule has 0 amide bonds. The first-order valence-corrected chi connectivity index (χ1v) is 10.1. The van der Waals surface area contributed by atoms with Crippen LogP contribution in [-0.4, -0.2) is 35.7 Å². The molecule has 3 aromatic rings. The van der Waals surface area contributed by atoms with Crippen LogP contribution in [0.4, 0.5) is 5.69 Å². The third-order valence-corrected chi connectivity index (χ3v) is 4.99. The van der Waals surface area contributed by atoms with Gasteiger partial charge in [0.1, 0.15) is 5.82 Å². The number of nitrogens with one attached hydrogen (secondary N) is 1. The van der Waals surface area contributed by atoms with E-state index in [2.05, 4.69) is 38.5 Å². The number of anilines is 1. The number of benzene rings is 2. The highest BCUT2D eigenvalue weighted by molar-refractivity contribution is 7.92. The first-order chi connectivity index (χ1) is 12.0. The van der Waals surface area contributed by atoms with Gasteiger partial charge >= 0.3 is 0 Å². The van der Waals surface area contributed by atoms with Gasteiger partial charge < -0.3 is 4.57 Å². The average molecular weight is 356 g/mol. The standard InChI is InChI=1S/C18H20N4O2S/c1-25(23,24)20-15-7-8-17-16(11-15)19-18-13-21(9-10-22(17)18)12-14-5-3-2-4-6-14/h2-8,11,20H,9-10,12-13H2,1H3. The molecule has 1 aromatic heterocycles. The number of sulfonamides is 1. The van der Waals surface area contributed by atoms with Crippen molar-refractivity contribution in [1.82, 2.24) is 14.5 Å². The van der Waals surface area contributed by atoms with Crippen LogP contribution in [0.2, 0.25) is 0 Å². The van der Waals surface area contributed by atoms with Crippen molar-refractivity contribution in [2.24, 2.45) is 0 Å². The van der Waals surface area contributed by atoms with Gasteiger partial charge in [0.2, 0.25) is 10.0 Å². The molecular formula is C18H20N4O2S. The second-order valence-electron chi connectivity index (χ2n) is 6.45. The number of rotatable bonds is 4. The lowest BCUT2D eigenvalue weighted by Crippen LogP contribution is -2.33. The van der Waals surface area contributed by atoms with Crippen molar-refractivity contribution in [2.45, 2.75) is 19.6 Å². The Morgan fingerprint density at radius 3 is 2.68 bits per heavy atom. The van der Waals surface area contributed by atoms with E-state index in [9.17, 15) is 8.42 Å². The molecule has 1 aliphatic heterocycles. The smallest absolute Gasteiger partial charge is 0.229 e. The number of hydrogen-bond donors (Lipinski definition) is 1. The van der Waals surface area contributed by atoms with Gasteiger partial charge in [-0.2, -0.15) is 0 Å². The van der Waals surface area contributed by atoms with Crippen LogP contribution in [-0.2, 0) is 29.7 Å². The summed E-state index contributed by atoms with van der Waals surface area (Å²) in [6.45, 7) is 3.55. The monoisotopic (exact) mass is 356 g/mol. The second-order valence-corrected chi connectivity index (χ2v) is 8.20. The highest BCUT2D eigenvalue weighted by Gasteiger charge is 2.20. The number of nitrogens with zero attached hydrogens (tertiary/aromatic N) is 3. The molecule has 0 unspecified atom stereocenters. The molecular weight excluding hydrogens is 336 g/mol. The second kappa shape index (κ2) is 6.16. The van der Waals surface area contributed by atoms with Gasteiger partial charge in [0.15, 0.2) is 0 Å². The average Bonchev–Trinajstić information content (AvgIpc) is 2.91. The molecule has 2 heterocycles. The summed E-state index contributed by atoms with van der Waals surface area (Å²) < 4.78 is 27.5. The van der Waals surface area contributed by atoms with Crippen molar-refractivity contribution in [3.8, 4) is 0 Å². The first-order valence-electron chi connectivity index (χ1n) is 8.21. The van der Waals surface area contributed by atoms with Crippen LogP contribution in [0.15, 0.2) is 48.5 Å². The lowest BCUT2D eigenvalue weighted by Gasteiger charge is -2.27. The van der Waals surface area contributed by atoms with Crippen LogP contribution < -0.4 is 4.72 Å². The Morgan fingerprint density at radius 2 is 1.92 bits per heavy atom. The van der Waals surface area contributed by atoms with Crippen LogP contribution in [0.1, 0.15) is 11.4 Å². The maximum Gasteiger partial charge on any atom is 0.229 e. The van der Waals surface area contributed by atoms with Crippen molar-refractivity contribution in [1.29, 1.82) is 0 Å². The molecule has 1 N–H and O–H groups in total. The van der Waals surface area contributed by atoms with Gasteiger partial charge in [0, 0.05) is 19.6 Å². The lowest BCUT2D eigenvalue weighted by molar-refractivity contribution is 0.211. The SMILES string of the molecule is CS(=O)(=O)Nc1ccc2c(c1)nc1n2CCN(Cc2ccccc2)C1. The third-order valence-electron chi connectivity index (χ3n) is 4.38. The summed E-state index contributed by atoms with van der Waals surface area (Å²) in [6.07, 6.45) is 1.15. The molecule has 6 nitrogen and oxygen atoms in total. The zero-order chi connectivity index (χ0) is 17.4. The molecule has 0 radical (unpaired) electrons. The maximum atomic E-state index is 11.4. The van der Waals surface area contributed by atoms with Crippen molar-refractivity contribution >= 4 is 26.7 Å². The van der Waals surface area contributed by atoms with Gasteiger partial charge in [-0.1, -0.05) is 30.3 Å². The van der Waals surface area contributed by atoms with Crippen molar-refractivity contribution in [3.05, 3.63) is 59.9 Å². The number of fused-ring (bicyclic) bond motifs is 3. The van der Waals surface area contributed by atoms with Gasteiger partial charge in [-0.25, -0.2) is 13.4 Å². The fraction of sp³-hybridized carbons (Fsp3) is 0.278. The number of hydrogen-bond acceptors (Lipinski definition) is 4. The zero-order valence-electron chi connectivity index (χ0n) is 14.0. The molecule has 0 fully saturated rings. The Kier molecular flexibility index (Phi) is 3.97. The van der Waals surface area contributed by atoms with E-state index in [0.717, 1.165) is 49.3 Å². The van der Waals surface area contributed by atoms with E-state index in [1.807, 2.05) is 12.1 Å². The van der Waals surface area contributed by atoms with E-state index >= 15 is 0 Å². The van der Waals surface area contributed by atoms with Crippen molar-refractivity contribution < 1.29 is 8.42 Å². The quantitative estimate of drug-likeness (QED) is 0.780. The molecule has 0 saturated carbocycles. The molecule has 7 heteroatoms. The van der Waals surface area contributed by atoms with Gasteiger partial charge in [-0.15, -0.1) is 0 Å². The maximum absolute atomic E-state index is 11.4. The van der Waals surface area contributed by atoms with Crippen LogP contribution >= 0.6 is 0 Å². The Balaban J connectivity index is 1.59. The Morgan fingerprint density at radius 1 is 1.12 bits per heavy atom. The zero-order valence-corrected chi connectivity index (χ0v) is 14.8. The minimum absolute atomic E-state index is 0.548. The summed E-state index contributed by atoms with van der Waals surface area (Å²) >= 11 is 0. The van der Waals surface area contributed by atoms with Crippen LogP contribution in [0.25, 0.3) is 11.0 Å². The van der Waals surface area contributed by atoms with Crippen LogP contribution in [0.5, 0.6) is 0 Å². The van der Waals surface area contributed by atoms with E-state index in [1.54, 1.807) is 12.1 Å². The summed E-state index contributed by atoms with van der Waals surface area (Å²) in [5, 5.41) is 0. The number of imidazole rings is 1. The molecule has 1 aliphatic rings. The Bertz CT molecular complexity index is 1010. The van der Waals surface area contributed by atoms with Crippen LogP contribution in [0.3, 0.4) is 0 Å². The summed E-state index contributed by atoms with van der Waals surface area (Å²) in [4.78, 5) is 7.10. The van der Waals surface area contributed by atoms with Gasteiger partial charge in [0.25, 0.3) is 0 Å². The predicted octanol–water partition coefficient (Wildman–Crippen LogP) is 2.42. The highest BCUT2D eigenvalue weighted by atomic mass is 32.2. The fourth-order valence-electron chi connectivity index (χ4n) is 3.32. The summed E-state index contributed by atoms with van der Waals surface area (Å²) in [5.74, 6) is 1.02. The van der Waals surface area contributed by atoms with E-state index in [1.165, 1.54) is 5.56 Å². The normalized spacial score (nSPS) is 15.2. The van der Waals surface area contributed by atoms with Gasteiger partial charge in [-0.3, -0.25) is 9.62 Å². The molecule has 130 valence electrons. The molecule has 0 saturated heterocycles. The topological polar surface area (TPSA) is 67.2 Å². The first kappa shape index (κ1) is 16.1. The van der Waals surface area contributed by atoms with E-state index in [0.29, 0.717) is 5.69 Å². The fourth-order valence-corrected chi connectivity index (χ4v) is 3.88. The summed E-state index contributed by atoms with van der Waals surface area (Å²) in [6, 6.07) is 15.9. The Labute approximate surface area is 147 Å². The molecule has 0 spiro atoms. The molecule has 0 aliphatic carbocycles.